The van der Waals surface area contributed by atoms with E-state index in [0.29, 0.717) is 17.8 Å². The Balaban J connectivity index is 1.71. The van der Waals surface area contributed by atoms with Gasteiger partial charge in [-0.1, -0.05) is 85.7 Å². The highest BCUT2D eigenvalue weighted by molar-refractivity contribution is 6.02. The van der Waals surface area contributed by atoms with E-state index in [1.165, 1.54) is 33.5 Å². The van der Waals surface area contributed by atoms with Crippen LogP contribution in [-0.4, -0.2) is 18.3 Å². The lowest BCUT2D eigenvalue weighted by atomic mass is 9.75. The van der Waals surface area contributed by atoms with Gasteiger partial charge >= 0.3 is 0 Å². The molecule has 1 aliphatic rings. The first-order valence-electron chi connectivity index (χ1n) is 13.3. The molecule has 0 spiro atoms. The van der Waals surface area contributed by atoms with E-state index in [-0.39, 0.29) is 16.9 Å². The van der Waals surface area contributed by atoms with E-state index in [9.17, 15) is 0 Å². The summed E-state index contributed by atoms with van der Waals surface area (Å²) in [5.41, 5.74) is 15.2. The summed E-state index contributed by atoms with van der Waals surface area (Å²) in [7, 11) is 0. The van der Waals surface area contributed by atoms with Gasteiger partial charge in [0.25, 0.3) is 0 Å². The quantitative estimate of drug-likeness (QED) is 0.453. The molecule has 2 aromatic carbocycles. The van der Waals surface area contributed by atoms with E-state index in [1.54, 1.807) is 0 Å². The van der Waals surface area contributed by atoms with Gasteiger partial charge in [-0.2, -0.15) is 0 Å². The second-order valence-electron chi connectivity index (χ2n) is 13.0. The van der Waals surface area contributed by atoms with Crippen molar-refractivity contribution in [3.8, 4) is 0 Å². The zero-order valence-corrected chi connectivity index (χ0v) is 23.2. The fraction of sp³-hybridized carbons (Fsp3) is 0.594. The van der Waals surface area contributed by atoms with Crippen LogP contribution in [0.3, 0.4) is 0 Å². The molecular weight excluding hydrogens is 412 g/mol. The molecule has 34 heavy (non-hydrogen) atoms. The van der Waals surface area contributed by atoms with Crippen molar-refractivity contribution in [2.45, 2.75) is 98.4 Å². The zero-order valence-electron chi connectivity index (χ0n) is 23.2. The lowest BCUT2D eigenvalue weighted by molar-refractivity contribution is 0.289. The van der Waals surface area contributed by atoms with Crippen molar-refractivity contribution >= 4 is 5.71 Å². The van der Waals surface area contributed by atoms with Crippen molar-refractivity contribution in [2.75, 3.05) is 6.54 Å². The van der Waals surface area contributed by atoms with Crippen LogP contribution in [0.4, 0.5) is 0 Å². The Morgan fingerprint density at radius 1 is 0.941 bits per heavy atom. The highest BCUT2D eigenvalue weighted by atomic mass is 14.8. The highest BCUT2D eigenvalue weighted by Gasteiger charge is 2.30. The van der Waals surface area contributed by atoms with Crippen LogP contribution in [-0.2, 0) is 17.3 Å². The van der Waals surface area contributed by atoms with Gasteiger partial charge in [-0.3, -0.25) is 4.99 Å². The van der Waals surface area contributed by atoms with E-state index in [4.69, 9.17) is 10.7 Å². The molecule has 1 aliphatic heterocycles. The zero-order chi connectivity index (χ0) is 25.3. The molecule has 0 radical (unpaired) electrons. The largest absolute Gasteiger partial charge is 0.327 e. The van der Waals surface area contributed by atoms with Crippen LogP contribution >= 0.6 is 0 Å². The smallest absolute Gasteiger partial charge is 0.0427 e. The van der Waals surface area contributed by atoms with Crippen LogP contribution in [0.15, 0.2) is 47.5 Å². The Kier molecular flexibility index (Phi) is 8.13. The van der Waals surface area contributed by atoms with Crippen LogP contribution in [0, 0.1) is 24.7 Å². The molecule has 186 valence electrons. The van der Waals surface area contributed by atoms with Crippen LogP contribution in [0.25, 0.3) is 0 Å². The number of nitrogens with two attached hydrogens (primary N) is 1. The van der Waals surface area contributed by atoms with Crippen molar-refractivity contribution in [2.24, 2.45) is 28.5 Å². The number of benzene rings is 2. The lowest BCUT2D eigenvalue weighted by Crippen LogP contribution is -2.32. The molecule has 0 aromatic heterocycles. The van der Waals surface area contributed by atoms with E-state index in [0.717, 1.165) is 25.8 Å². The monoisotopic (exact) mass is 460 g/mol. The van der Waals surface area contributed by atoms with Crippen LogP contribution < -0.4 is 5.73 Å². The maximum atomic E-state index is 6.61. The molecule has 1 heterocycles. The second-order valence-corrected chi connectivity index (χ2v) is 13.0. The van der Waals surface area contributed by atoms with Gasteiger partial charge in [-0.15, -0.1) is 0 Å². The van der Waals surface area contributed by atoms with E-state index in [2.05, 4.69) is 105 Å². The molecule has 2 nitrogen and oxygen atoms in total. The van der Waals surface area contributed by atoms with Crippen molar-refractivity contribution in [1.82, 2.24) is 0 Å². The molecule has 0 bridgehead atoms. The topological polar surface area (TPSA) is 38.4 Å². The van der Waals surface area contributed by atoms with E-state index < -0.39 is 0 Å². The van der Waals surface area contributed by atoms with Crippen molar-refractivity contribution in [3.05, 3.63) is 70.3 Å². The molecule has 0 aliphatic carbocycles. The number of aliphatic imine (C=N–C) groups is 1. The number of nitrogens with zero attached hydrogens (tertiary/aromatic N) is 1. The second kappa shape index (κ2) is 10.4. The molecule has 2 aromatic rings. The van der Waals surface area contributed by atoms with E-state index >= 15 is 0 Å². The summed E-state index contributed by atoms with van der Waals surface area (Å²) in [6, 6.07) is 15.7. The predicted molar refractivity (Wildman–Crippen MR) is 149 cm³/mol. The number of rotatable bonds is 7. The molecule has 0 fully saturated rings. The minimum absolute atomic E-state index is 0.121. The Morgan fingerprint density at radius 2 is 1.50 bits per heavy atom. The first kappa shape index (κ1) is 26.7. The van der Waals surface area contributed by atoms with Gasteiger partial charge in [-0.05, 0) is 94.7 Å². The predicted octanol–water partition coefficient (Wildman–Crippen LogP) is 7.63. The van der Waals surface area contributed by atoms with Gasteiger partial charge in [0.1, 0.15) is 0 Å². The van der Waals surface area contributed by atoms with Gasteiger partial charge in [-0.25, -0.2) is 0 Å². The fourth-order valence-corrected chi connectivity index (χ4v) is 5.68. The standard InChI is InChI=1S/C32H48N2/c1-21(15-22(2)29(33)16-24-13-11-10-12-14-24)26-19-30(34-20-26)25-17-27(31(4,5)6)23(3)28(18-25)32(7,8)9/h10-14,17-18,21-22,26,29H,15-16,19-20,33H2,1-9H3. The molecule has 0 amide bonds. The van der Waals surface area contributed by atoms with Crippen LogP contribution in [0.2, 0.25) is 0 Å². The summed E-state index contributed by atoms with van der Waals surface area (Å²) in [4.78, 5) is 5.09. The van der Waals surface area contributed by atoms with Crippen LogP contribution in [0.5, 0.6) is 0 Å². The number of hydrogen-bond donors (Lipinski definition) is 1. The first-order valence-corrected chi connectivity index (χ1v) is 13.3. The number of hydrogen-bond acceptors (Lipinski definition) is 2. The van der Waals surface area contributed by atoms with Crippen molar-refractivity contribution < 1.29 is 0 Å². The average Bonchev–Trinajstić information content (AvgIpc) is 3.23. The van der Waals surface area contributed by atoms with Crippen molar-refractivity contribution in [1.29, 1.82) is 0 Å². The maximum absolute atomic E-state index is 6.61. The Hall–Kier alpha value is -1.93. The van der Waals surface area contributed by atoms with Gasteiger partial charge in [0.2, 0.25) is 0 Å². The molecule has 2 N–H and O–H groups in total. The third-order valence-electron chi connectivity index (χ3n) is 7.92. The van der Waals surface area contributed by atoms with Gasteiger partial charge in [0.05, 0.1) is 0 Å². The van der Waals surface area contributed by atoms with Crippen LogP contribution in [0.1, 0.15) is 96.0 Å². The Bertz CT molecular complexity index is 953. The minimum atomic E-state index is 0.121. The molecular formula is C32H48N2. The van der Waals surface area contributed by atoms with Gasteiger partial charge < -0.3 is 5.73 Å². The summed E-state index contributed by atoms with van der Waals surface area (Å²) >= 11 is 0. The normalized spacial score (nSPS) is 19.6. The van der Waals surface area contributed by atoms with Gasteiger partial charge in [0, 0.05) is 18.3 Å². The summed E-state index contributed by atoms with van der Waals surface area (Å²) in [5, 5.41) is 0. The van der Waals surface area contributed by atoms with E-state index in [1.807, 2.05) is 0 Å². The van der Waals surface area contributed by atoms with Crippen molar-refractivity contribution in [3.63, 3.8) is 0 Å². The summed E-state index contributed by atoms with van der Waals surface area (Å²) in [6.07, 6.45) is 3.20. The third kappa shape index (κ3) is 6.39. The average molecular weight is 461 g/mol. The Morgan fingerprint density at radius 3 is 2.03 bits per heavy atom. The summed E-state index contributed by atoms with van der Waals surface area (Å²) < 4.78 is 0. The molecule has 0 saturated heterocycles. The highest BCUT2D eigenvalue weighted by Crippen LogP contribution is 2.37. The fourth-order valence-electron chi connectivity index (χ4n) is 5.68. The first-order chi connectivity index (χ1) is 15.8. The third-order valence-corrected chi connectivity index (χ3v) is 7.92. The molecule has 3 rings (SSSR count). The SMILES string of the molecule is Cc1c(C(C)(C)C)cc(C2=NCC(C(C)CC(C)C(N)Cc3ccccc3)C2)cc1C(C)(C)C. The maximum Gasteiger partial charge on any atom is 0.0427 e. The Labute approximate surface area is 209 Å². The summed E-state index contributed by atoms with van der Waals surface area (Å²) in [5.74, 6) is 1.73. The summed E-state index contributed by atoms with van der Waals surface area (Å²) in [6.45, 7) is 21.9. The van der Waals surface area contributed by atoms with Gasteiger partial charge in [0.15, 0.2) is 0 Å². The lowest BCUT2D eigenvalue weighted by Gasteiger charge is -2.30. The molecule has 4 atom stereocenters. The minimum Gasteiger partial charge on any atom is -0.327 e. The molecule has 2 heteroatoms. The molecule has 0 saturated carbocycles. The molecule has 4 unspecified atom stereocenters.